The molecule has 22 heavy (non-hydrogen) atoms. The first-order chi connectivity index (χ1) is 10.3. The van der Waals surface area contributed by atoms with Gasteiger partial charge >= 0.3 is 0 Å². The molecule has 4 rings (SSSR count). The Kier molecular flexibility index (Phi) is 4.50. The lowest BCUT2D eigenvalue weighted by atomic mass is 10.0. The van der Waals surface area contributed by atoms with E-state index in [9.17, 15) is 4.79 Å². The van der Waals surface area contributed by atoms with Crippen LogP contribution in [-0.2, 0) is 4.79 Å². The predicted molar refractivity (Wildman–Crippen MR) is 89.0 cm³/mol. The van der Waals surface area contributed by atoms with Crippen molar-refractivity contribution in [3.63, 3.8) is 0 Å². The van der Waals surface area contributed by atoms with E-state index in [4.69, 9.17) is 0 Å². The number of hydrazone groups is 1. The van der Waals surface area contributed by atoms with Gasteiger partial charge in [0.05, 0.1) is 6.04 Å². The SMILES string of the molecule is Cl.O=C(C1CC2CNCC2C1)N1N=CCC1c1ccccc1. The van der Waals surface area contributed by atoms with E-state index in [0.717, 1.165) is 32.4 Å². The van der Waals surface area contributed by atoms with Crippen molar-refractivity contribution in [1.29, 1.82) is 0 Å². The van der Waals surface area contributed by atoms with Gasteiger partial charge in [0.2, 0.25) is 5.91 Å². The van der Waals surface area contributed by atoms with E-state index in [1.165, 1.54) is 5.56 Å². The largest absolute Gasteiger partial charge is 0.316 e. The Morgan fingerprint density at radius 3 is 2.50 bits per heavy atom. The second-order valence-electron chi connectivity index (χ2n) is 6.49. The Balaban J connectivity index is 0.00000144. The summed E-state index contributed by atoms with van der Waals surface area (Å²) in [4.78, 5) is 12.9. The molecule has 4 nitrogen and oxygen atoms in total. The van der Waals surface area contributed by atoms with Gasteiger partial charge in [-0.25, -0.2) is 5.01 Å². The van der Waals surface area contributed by atoms with Crippen molar-refractivity contribution in [3.05, 3.63) is 35.9 Å². The fourth-order valence-electron chi connectivity index (χ4n) is 4.13. The molecule has 5 heteroatoms. The van der Waals surface area contributed by atoms with Crippen LogP contribution in [0.5, 0.6) is 0 Å². The monoisotopic (exact) mass is 319 g/mol. The molecule has 1 aliphatic carbocycles. The summed E-state index contributed by atoms with van der Waals surface area (Å²) in [6.45, 7) is 2.17. The maximum atomic E-state index is 12.9. The standard InChI is InChI=1S/C17H21N3O.ClH/c21-17(13-8-14-10-18-11-15(14)9-13)20-16(6-7-19-20)12-4-2-1-3-5-12;/h1-5,7,13-16,18H,6,8-11H2;1H. The van der Waals surface area contributed by atoms with Crippen LogP contribution in [0.1, 0.15) is 30.9 Å². The molecule has 118 valence electrons. The molecule has 1 N–H and O–H groups in total. The predicted octanol–water partition coefficient (Wildman–Crippen LogP) is 2.61. The first kappa shape index (κ1) is 15.5. The number of hydrogen-bond donors (Lipinski definition) is 1. The zero-order valence-corrected chi connectivity index (χ0v) is 13.3. The van der Waals surface area contributed by atoms with Crippen molar-refractivity contribution in [2.45, 2.75) is 25.3 Å². The van der Waals surface area contributed by atoms with Crippen molar-refractivity contribution in [1.82, 2.24) is 10.3 Å². The van der Waals surface area contributed by atoms with E-state index >= 15 is 0 Å². The third-order valence-electron chi connectivity index (χ3n) is 5.24. The summed E-state index contributed by atoms with van der Waals surface area (Å²) in [5, 5.41) is 9.55. The highest BCUT2D eigenvalue weighted by atomic mass is 35.5. The number of nitrogens with zero attached hydrogens (tertiary/aromatic N) is 2. The molecule has 2 heterocycles. The minimum absolute atomic E-state index is 0. The topological polar surface area (TPSA) is 44.7 Å². The molecule has 1 saturated carbocycles. The average molecular weight is 320 g/mol. The van der Waals surface area contributed by atoms with Gasteiger partial charge in [0.1, 0.15) is 0 Å². The van der Waals surface area contributed by atoms with E-state index in [-0.39, 0.29) is 30.3 Å². The average Bonchev–Trinajstić information content (AvgIpc) is 3.22. The van der Waals surface area contributed by atoms with Crippen molar-refractivity contribution in [3.8, 4) is 0 Å². The molecule has 0 spiro atoms. The highest BCUT2D eigenvalue weighted by Crippen LogP contribution is 2.41. The van der Waals surface area contributed by atoms with Gasteiger partial charge in [0, 0.05) is 18.6 Å². The van der Waals surface area contributed by atoms with E-state index in [2.05, 4.69) is 22.6 Å². The first-order valence-electron chi connectivity index (χ1n) is 7.94. The van der Waals surface area contributed by atoms with Crippen molar-refractivity contribution in [2.75, 3.05) is 13.1 Å². The van der Waals surface area contributed by atoms with Gasteiger partial charge < -0.3 is 5.32 Å². The van der Waals surface area contributed by atoms with Crippen LogP contribution < -0.4 is 5.32 Å². The van der Waals surface area contributed by atoms with Gasteiger partial charge in [0.25, 0.3) is 0 Å². The molecule has 0 aromatic heterocycles. The zero-order valence-electron chi connectivity index (χ0n) is 12.5. The quantitative estimate of drug-likeness (QED) is 0.910. The normalized spacial score (nSPS) is 32.8. The highest BCUT2D eigenvalue weighted by molar-refractivity contribution is 5.85. The Bertz CT molecular complexity index is 550. The third-order valence-corrected chi connectivity index (χ3v) is 5.24. The van der Waals surface area contributed by atoms with Crippen LogP contribution in [0, 0.1) is 17.8 Å². The summed E-state index contributed by atoms with van der Waals surface area (Å²) in [5.41, 5.74) is 1.18. The third kappa shape index (κ3) is 2.66. The molecule has 1 amide bonds. The number of rotatable bonds is 2. The number of benzene rings is 1. The van der Waals surface area contributed by atoms with Gasteiger partial charge in [-0.1, -0.05) is 30.3 Å². The van der Waals surface area contributed by atoms with E-state index in [0.29, 0.717) is 11.8 Å². The van der Waals surface area contributed by atoms with Crippen LogP contribution in [0.4, 0.5) is 0 Å². The number of halogens is 1. The Labute approximate surface area is 137 Å². The minimum atomic E-state index is 0. The number of fused-ring (bicyclic) bond motifs is 1. The Hall–Kier alpha value is -1.39. The minimum Gasteiger partial charge on any atom is -0.316 e. The molecule has 0 radical (unpaired) electrons. The maximum absolute atomic E-state index is 12.9. The second-order valence-corrected chi connectivity index (χ2v) is 6.49. The van der Waals surface area contributed by atoms with Gasteiger partial charge in [-0.05, 0) is 43.3 Å². The highest BCUT2D eigenvalue weighted by Gasteiger charge is 2.43. The van der Waals surface area contributed by atoms with Gasteiger partial charge in [0.15, 0.2) is 0 Å². The summed E-state index contributed by atoms with van der Waals surface area (Å²) >= 11 is 0. The fraction of sp³-hybridized carbons (Fsp3) is 0.529. The molecule has 3 aliphatic rings. The van der Waals surface area contributed by atoms with Crippen molar-refractivity contribution < 1.29 is 4.79 Å². The van der Waals surface area contributed by atoms with Crippen LogP contribution in [0.2, 0.25) is 0 Å². The van der Waals surface area contributed by atoms with Crippen molar-refractivity contribution >= 4 is 24.5 Å². The number of amides is 1. The molecule has 3 atom stereocenters. The molecule has 3 unspecified atom stereocenters. The maximum Gasteiger partial charge on any atom is 0.246 e. The smallest absolute Gasteiger partial charge is 0.246 e. The van der Waals surface area contributed by atoms with Gasteiger partial charge in [-0.15, -0.1) is 12.4 Å². The molecular weight excluding hydrogens is 298 g/mol. The molecule has 1 aromatic rings. The van der Waals surface area contributed by atoms with Gasteiger partial charge in [-0.2, -0.15) is 5.10 Å². The first-order valence-corrected chi connectivity index (χ1v) is 7.94. The zero-order chi connectivity index (χ0) is 14.2. The lowest BCUT2D eigenvalue weighted by Gasteiger charge is -2.25. The molecule has 1 saturated heterocycles. The lowest BCUT2D eigenvalue weighted by molar-refractivity contribution is -0.137. The number of hydrogen-bond acceptors (Lipinski definition) is 3. The molecule has 1 aromatic carbocycles. The lowest BCUT2D eigenvalue weighted by Crippen LogP contribution is -2.32. The molecule has 2 fully saturated rings. The second kappa shape index (κ2) is 6.39. The number of nitrogens with one attached hydrogen (secondary N) is 1. The van der Waals surface area contributed by atoms with Gasteiger partial charge in [-0.3, -0.25) is 4.79 Å². The Morgan fingerprint density at radius 2 is 1.82 bits per heavy atom. The van der Waals surface area contributed by atoms with Crippen LogP contribution in [-0.4, -0.2) is 30.2 Å². The van der Waals surface area contributed by atoms with E-state index < -0.39 is 0 Å². The fourth-order valence-corrected chi connectivity index (χ4v) is 4.13. The molecular formula is C17H22ClN3O. The molecule has 0 bridgehead atoms. The number of carbonyl (C=O) groups is 1. The summed E-state index contributed by atoms with van der Waals surface area (Å²) in [6, 6.07) is 10.3. The summed E-state index contributed by atoms with van der Waals surface area (Å²) in [6.07, 6.45) is 4.78. The van der Waals surface area contributed by atoms with Crippen LogP contribution in [0.25, 0.3) is 0 Å². The number of carbonyl (C=O) groups excluding carboxylic acids is 1. The summed E-state index contributed by atoms with van der Waals surface area (Å²) in [5.74, 6) is 1.79. The van der Waals surface area contributed by atoms with Crippen LogP contribution >= 0.6 is 12.4 Å². The van der Waals surface area contributed by atoms with Crippen molar-refractivity contribution in [2.24, 2.45) is 22.9 Å². The Morgan fingerprint density at radius 1 is 1.14 bits per heavy atom. The van der Waals surface area contributed by atoms with Crippen LogP contribution in [0.15, 0.2) is 35.4 Å². The van der Waals surface area contributed by atoms with E-state index in [1.54, 1.807) is 5.01 Å². The van der Waals surface area contributed by atoms with Crippen LogP contribution in [0.3, 0.4) is 0 Å². The summed E-state index contributed by atoms with van der Waals surface area (Å²) in [7, 11) is 0. The van der Waals surface area contributed by atoms with E-state index in [1.807, 2.05) is 24.4 Å². The summed E-state index contributed by atoms with van der Waals surface area (Å²) < 4.78 is 0. The molecule has 2 aliphatic heterocycles.